The third-order valence-electron chi connectivity index (χ3n) is 3.26. The number of nitrogens with one attached hydrogen (secondary N) is 1. The van der Waals surface area contributed by atoms with Crippen LogP contribution in [0.3, 0.4) is 0 Å². The number of carbonyl (C=O) groups is 1. The third-order valence-corrected chi connectivity index (χ3v) is 4.40. The number of hydrogen-bond donors (Lipinski definition) is 1. The Kier molecular flexibility index (Phi) is 5.87. The molecule has 2 aromatic rings. The third kappa shape index (κ3) is 5.68. The normalized spacial score (nSPS) is 11.5. The van der Waals surface area contributed by atoms with E-state index in [9.17, 15) is 13.2 Å². The van der Waals surface area contributed by atoms with Crippen molar-refractivity contribution < 1.29 is 13.2 Å². The van der Waals surface area contributed by atoms with Gasteiger partial charge < -0.3 is 0 Å². The summed E-state index contributed by atoms with van der Waals surface area (Å²) in [4.78, 5) is 16.1. The zero-order valence-electron chi connectivity index (χ0n) is 14.3. The summed E-state index contributed by atoms with van der Waals surface area (Å²) in [6, 6.07) is 10.7. The van der Waals surface area contributed by atoms with Crippen LogP contribution in [-0.2, 0) is 14.8 Å². The molecule has 0 fully saturated rings. The zero-order chi connectivity index (χ0) is 18.4. The van der Waals surface area contributed by atoms with Crippen molar-refractivity contribution in [2.45, 2.75) is 13.8 Å². The van der Waals surface area contributed by atoms with Crippen LogP contribution < -0.4 is 9.73 Å². The highest BCUT2D eigenvalue weighted by molar-refractivity contribution is 7.92. The SMILES string of the molecule is Cc1cc(C)cc(N(CC(=O)N/N=C\c2ccccn2)S(C)(=O)=O)c1. The van der Waals surface area contributed by atoms with Crippen LogP contribution in [-0.4, -0.2) is 38.3 Å². The molecule has 0 radical (unpaired) electrons. The monoisotopic (exact) mass is 360 g/mol. The van der Waals surface area contributed by atoms with Gasteiger partial charge in [-0.05, 0) is 49.2 Å². The molecule has 7 nitrogen and oxygen atoms in total. The fourth-order valence-corrected chi connectivity index (χ4v) is 3.12. The van der Waals surface area contributed by atoms with Crippen molar-refractivity contribution in [1.29, 1.82) is 0 Å². The number of aromatic nitrogens is 1. The number of pyridine rings is 1. The van der Waals surface area contributed by atoms with Gasteiger partial charge in [0.15, 0.2) is 0 Å². The molecule has 8 heteroatoms. The van der Waals surface area contributed by atoms with Crippen molar-refractivity contribution in [2.24, 2.45) is 5.10 Å². The zero-order valence-corrected chi connectivity index (χ0v) is 15.1. The molecule has 1 aromatic heterocycles. The van der Waals surface area contributed by atoms with Crippen LogP contribution >= 0.6 is 0 Å². The summed E-state index contributed by atoms with van der Waals surface area (Å²) >= 11 is 0. The van der Waals surface area contributed by atoms with Crippen molar-refractivity contribution in [2.75, 3.05) is 17.1 Å². The fourth-order valence-electron chi connectivity index (χ4n) is 2.28. The van der Waals surface area contributed by atoms with Crippen LogP contribution in [0.1, 0.15) is 16.8 Å². The number of hydrogen-bond acceptors (Lipinski definition) is 5. The summed E-state index contributed by atoms with van der Waals surface area (Å²) in [5.41, 5.74) is 5.17. The number of benzene rings is 1. The molecule has 1 heterocycles. The molecule has 0 aliphatic rings. The fraction of sp³-hybridized carbons (Fsp3) is 0.235. The first-order chi connectivity index (χ1) is 11.8. The molecule has 0 bridgehead atoms. The Hall–Kier alpha value is -2.74. The van der Waals surface area contributed by atoms with Crippen LogP contribution in [0.5, 0.6) is 0 Å². The average Bonchev–Trinajstić information content (AvgIpc) is 2.51. The standard InChI is InChI=1S/C17H20N4O3S/c1-13-8-14(2)10-16(9-13)21(25(3,23)24)12-17(22)20-19-11-15-6-4-5-7-18-15/h4-11H,12H2,1-3H3,(H,20,22)/b19-11-. The van der Waals surface area contributed by atoms with E-state index in [1.54, 1.807) is 36.5 Å². The van der Waals surface area contributed by atoms with Crippen molar-refractivity contribution in [3.8, 4) is 0 Å². The molecule has 0 saturated heterocycles. The van der Waals surface area contributed by atoms with E-state index in [0.717, 1.165) is 21.7 Å². The second-order valence-corrected chi connectivity index (χ2v) is 7.57. The molecule has 1 aromatic carbocycles. The van der Waals surface area contributed by atoms with Gasteiger partial charge in [0, 0.05) is 6.20 Å². The number of amides is 1. The van der Waals surface area contributed by atoms with Crippen LogP contribution in [0, 0.1) is 13.8 Å². The number of carbonyl (C=O) groups excluding carboxylic acids is 1. The smallest absolute Gasteiger partial charge is 0.260 e. The lowest BCUT2D eigenvalue weighted by Gasteiger charge is -2.22. The maximum atomic E-state index is 12.1. The first kappa shape index (κ1) is 18.6. The van der Waals surface area contributed by atoms with E-state index in [0.29, 0.717) is 11.4 Å². The maximum absolute atomic E-state index is 12.1. The Morgan fingerprint density at radius 3 is 2.48 bits per heavy atom. The first-order valence-corrected chi connectivity index (χ1v) is 9.39. The molecular formula is C17H20N4O3S. The highest BCUT2D eigenvalue weighted by atomic mass is 32.2. The van der Waals surface area contributed by atoms with E-state index < -0.39 is 15.9 Å². The van der Waals surface area contributed by atoms with Crippen LogP contribution in [0.25, 0.3) is 0 Å². The predicted molar refractivity (Wildman–Crippen MR) is 98.1 cm³/mol. The van der Waals surface area contributed by atoms with E-state index in [4.69, 9.17) is 0 Å². The lowest BCUT2D eigenvalue weighted by Crippen LogP contribution is -2.39. The summed E-state index contributed by atoms with van der Waals surface area (Å²) in [7, 11) is -3.62. The van der Waals surface area contributed by atoms with Crippen LogP contribution in [0.2, 0.25) is 0 Å². The highest BCUT2D eigenvalue weighted by Gasteiger charge is 2.21. The minimum absolute atomic E-state index is 0.360. The summed E-state index contributed by atoms with van der Waals surface area (Å²) < 4.78 is 25.2. The van der Waals surface area contributed by atoms with Gasteiger partial charge in [-0.1, -0.05) is 12.1 Å². The van der Waals surface area contributed by atoms with Gasteiger partial charge in [-0.2, -0.15) is 5.10 Å². The van der Waals surface area contributed by atoms with E-state index in [1.165, 1.54) is 6.21 Å². The molecule has 0 saturated carbocycles. The summed E-state index contributed by atoms with van der Waals surface area (Å²) in [6.45, 7) is 3.38. The van der Waals surface area contributed by atoms with Gasteiger partial charge in [-0.25, -0.2) is 13.8 Å². The topological polar surface area (TPSA) is 91.7 Å². The van der Waals surface area contributed by atoms with Crippen LogP contribution in [0.15, 0.2) is 47.7 Å². The second-order valence-electron chi connectivity index (χ2n) is 5.66. The Morgan fingerprint density at radius 2 is 1.92 bits per heavy atom. The van der Waals surface area contributed by atoms with Gasteiger partial charge in [0.1, 0.15) is 6.54 Å². The van der Waals surface area contributed by atoms with E-state index in [2.05, 4.69) is 15.5 Å². The minimum atomic E-state index is -3.62. The van der Waals surface area contributed by atoms with E-state index >= 15 is 0 Å². The number of rotatable bonds is 6. The maximum Gasteiger partial charge on any atom is 0.260 e. The Balaban J connectivity index is 2.12. The minimum Gasteiger partial charge on any atom is -0.271 e. The first-order valence-electron chi connectivity index (χ1n) is 7.54. The molecular weight excluding hydrogens is 340 g/mol. The molecule has 0 spiro atoms. The Morgan fingerprint density at radius 1 is 1.24 bits per heavy atom. The molecule has 2 rings (SSSR count). The molecule has 0 atom stereocenters. The van der Waals surface area contributed by atoms with Gasteiger partial charge in [-0.15, -0.1) is 0 Å². The lowest BCUT2D eigenvalue weighted by molar-refractivity contribution is -0.119. The predicted octanol–water partition coefficient (Wildman–Crippen LogP) is 1.61. The van der Waals surface area contributed by atoms with Crippen molar-refractivity contribution in [1.82, 2.24) is 10.4 Å². The molecule has 25 heavy (non-hydrogen) atoms. The number of aryl methyl sites for hydroxylation is 2. The lowest BCUT2D eigenvalue weighted by atomic mass is 10.1. The summed E-state index contributed by atoms with van der Waals surface area (Å²) in [5, 5.41) is 3.80. The van der Waals surface area contributed by atoms with Gasteiger partial charge >= 0.3 is 0 Å². The van der Waals surface area contributed by atoms with Crippen LogP contribution in [0.4, 0.5) is 5.69 Å². The molecule has 1 amide bonds. The molecule has 1 N–H and O–H groups in total. The quantitative estimate of drug-likeness (QED) is 0.626. The second kappa shape index (κ2) is 7.89. The molecule has 132 valence electrons. The number of nitrogens with zero attached hydrogens (tertiary/aromatic N) is 3. The summed E-state index contributed by atoms with van der Waals surface area (Å²) in [6.07, 6.45) is 4.06. The molecule has 0 aliphatic heterocycles. The Labute approximate surface area is 147 Å². The van der Waals surface area contributed by atoms with Crippen molar-refractivity contribution >= 4 is 27.8 Å². The number of hydrazone groups is 1. The highest BCUT2D eigenvalue weighted by Crippen LogP contribution is 2.21. The van der Waals surface area contributed by atoms with Crippen molar-refractivity contribution in [3.63, 3.8) is 0 Å². The van der Waals surface area contributed by atoms with Crippen molar-refractivity contribution in [3.05, 3.63) is 59.4 Å². The van der Waals surface area contributed by atoms with Gasteiger partial charge in [-0.3, -0.25) is 14.1 Å². The van der Waals surface area contributed by atoms with E-state index in [-0.39, 0.29) is 6.54 Å². The molecule has 0 unspecified atom stereocenters. The van der Waals surface area contributed by atoms with Gasteiger partial charge in [0.2, 0.25) is 10.0 Å². The average molecular weight is 360 g/mol. The van der Waals surface area contributed by atoms with Gasteiger partial charge in [0.05, 0.1) is 23.9 Å². The number of sulfonamides is 1. The number of anilines is 1. The summed E-state index contributed by atoms with van der Waals surface area (Å²) in [5.74, 6) is -0.545. The van der Waals surface area contributed by atoms with Gasteiger partial charge in [0.25, 0.3) is 5.91 Å². The van der Waals surface area contributed by atoms with E-state index in [1.807, 2.05) is 19.9 Å². The largest absolute Gasteiger partial charge is 0.271 e. The molecule has 0 aliphatic carbocycles. The Bertz CT molecular complexity index is 860.